The van der Waals surface area contributed by atoms with Gasteiger partial charge in [0.2, 0.25) is 11.6 Å². The zero-order valence-corrected chi connectivity index (χ0v) is 13.4. The zero-order chi connectivity index (χ0) is 19.3. The summed E-state index contributed by atoms with van der Waals surface area (Å²) in [4.78, 5) is 23.2. The maximum absolute atomic E-state index is 13.4. The highest BCUT2D eigenvalue weighted by molar-refractivity contribution is 5.93. The van der Waals surface area contributed by atoms with E-state index in [1.54, 1.807) is 6.92 Å². The van der Waals surface area contributed by atoms with Gasteiger partial charge in [0.25, 0.3) is 5.91 Å². The number of amides is 1. The Hall–Kier alpha value is -3.10. The van der Waals surface area contributed by atoms with Crippen LogP contribution in [0.4, 0.5) is 23.2 Å². The number of halogens is 4. The van der Waals surface area contributed by atoms with Crippen LogP contribution in [-0.4, -0.2) is 25.1 Å². The van der Waals surface area contributed by atoms with Crippen molar-refractivity contribution in [1.29, 1.82) is 0 Å². The summed E-state index contributed by atoms with van der Waals surface area (Å²) in [5, 5.41) is 2.33. The molecule has 0 bridgehead atoms. The van der Waals surface area contributed by atoms with Crippen LogP contribution in [0, 0.1) is 23.3 Å². The van der Waals surface area contributed by atoms with Crippen molar-refractivity contribution in [2.24, 2.45) is 0 Å². The van der Waals surface area contributed by atoms with Crippen molar-refractivity contribution in [2.75, 3.05) is 18.5 Å². The summed E-state index contributed by atoms with van der Waals surface area (Å²) < 4.78 is 62.3. The van der Waals surface area contributed by atoms with Gasteiger partial charge in [0.15, 0.2) is 24.0 Å². The van der Waals surface area contributed by atoms with Gasteiger partial charge < -0.3 is 14.8 Å². The van der Waals surface area contributed by atoms with Crippen molar-refractivity contribution < 1.29 is 36.6 Å². The summed E-state index contributed by atoms with van der Waals surface area (Å²) in [5.41, 5.74) is 0.526. The van der Waals surface area contributed by atoms with Crippen LogP contribution >= 0.6 is 0 Å². The number of ether oxygens (including phenoxy) is 2. The lowest BCUT2D eigenvalue weighted by molar-refractivity contribution is -0.118. The molecule has 0 heterocycles. The van der Waals surface area contributed by atoms with Crippen LogP contribution in [0.1, 0.15) is 17.3 Å². The summed E-state index contributed by atoms with van der Waals surface area (Å²) in [7, 11) is 0. The Morgan fingerprint density at radius 2 is 1.58 bits per heavy atom. The zero-order valence-electron chi connectivity index (χ0n) is 13.4. The fourth-order valence-electron chi connectivity index (χ4n) is 1.92. The molecule has 0 radical (unpaired) electrons. The third-order valence-electron chi connectivity index (χ3n) is 3.10. The fraction of sp³-hybridized carbons (Fsp3) is 0.176. The molecule has 0 aromatic heterocycles. The molecule has 0 atom stereocenters. The van der Waals surface area contributed by atoms with Crippen molar-refractivity contribution in [3.05, 3.63) is 59.2 Å². The molecular formula is C17H13F4NO4. The second-order valence-electron chi connectivity index (χ2n) is 4.93. The van der Waals surface area contributed by atoms with Gasteiger partial charge in [0.1, 0.15) is 0 Å². The quantitative estimate of drug-likeness (QED) is 0.480. The second kappa shape index (κ2) is 8.32. The van der Waals surface area contributed by atoms with E-state index in [1.807, 2.05) is 0 Å². The van der Waals surface area contributed by atoms with Crippen LogP contribution in [0.15, 0.2) is 30.3 Å². The third kappa shape index (κ3) is 4.50. The highest BCUT2D eigenvalue weighted by Crippen LogP contribution is 2.26. The van der Waals surface area contributed by atoms with Crippen LogP contribution in [0.25, 0.3) is 0 Å². The summed E-state index contributed by atoms with van der Waals surface area (Å²) in [5.74, 6) is -9.46. The number of esters is 1. The first-order chi connectivity index (χ1) is 12.3. The number of carbonyl (C=O) groups excluding carboxylic acids is 2. The molecule has 0 saturated carbocycles. The van der Waals surface area contributed by atoms with Gasteiger partial charge in [-0.25, -0.2) is 13.6 Å². The van der Waals surface area contributed by atoms with Crippen LogP contribution in [0.2, 0.25) is 0 Å². The van der Waals surface area contributed by atoms with Crippen molar-refractivity contribution in [1.82, 2.24) is 0 Å². The van der Waals surface area contributed by atoms with Crippen molar-refractivity contribution in [2.45, 2.75) is 6.92 Å². The summed E-state index contributed by atoms with van der Waals surface area (Å²) in [6, 6.07) is 5.62. The molecule has 2 rings (SSSR count). The van der Waals surface area contributed by atoms with Gasteiger partial charge >= 0.3 is 5.97 Å². The second-order valence-corrected chi connectivity index (χ2v) is 4.93. The van der Waals surface area contributed by atoms with E-state index in [4.69, 9.17) is 4.74 Å². The topological polar surface area (TPSA) is 64.6 Å². The lowest BCUT2D eigenvalue weighted by Gasteiger charge is -2.10. The third-order valence-corrected chi connectivity index (χ3v) is 3.10. The van der Waals surface area contributed by atoms with Crippen molar-refractivity contribution >= 4 is 17.6 Å². The van der Waals surface area contributed by atoms with Gasteiger partial charge in [-0.05, 0) is 31.2 Å². The number of benzene rings is 2. The van der Waals surface area contributed by atoms with Crippen molar-refractivity contribution in [3.8, 4) is 5.75 Å². The molecule has 0 unspecified atom stereocenters. The average molecular weight is 371 g/mol. The normalized spacial score (nSPS) is 10.3. The predicted molar refractivity (Wildman–Crippen MR) is 82.8 cm³/mol. The van der Waals surface area contributed by atoms with E-state index in [2.05, 4.69) is 10.1 Å². The molecule has 0 fully saturated rings. The van der Waals surface area contributed by atoms with Gasteiger partial charge in [-0.1, -0.05) is 0 Å². The Bertz CT molecular complexity index is 798. The molecule has 9 heteroatoms. The molecule has 26 heavy (non-hydrogen) atoms. The molecule has 5 nitrogen and oxygen atoms in total. The lowest BCUT2D eigenvalue weighted by Crippen LogP contribution is -2.21. The van der Waals surface area contributed by atoms with Gasteiger partial charge in [0, 0.05) is 11.8 Å². The first kappa shape index (κ1) is 19.2. The van der Waals surface area contributed by atoms with Crippen LogP contribution in [-0.2, 0) is 9.53 Å². The number of carbonyl (C=O) groups is 2. The molecule has 2 aromatic rings. The van der Waals surface area contributed by atoms with Gasteiger partial charge in [0.05, 0.1) is 12.2 Å². The maximum Gasteiger partial charge on any atom is 0.338 e. The van der Waals surface area contributed by atoms with Gasteiger partial charge in [-0.3, -0.25) is 4.79 Å². The maximum atomic E-state index is 13.4. The monoisotopic (exact) mass is 371 g/mol. The van der Waals surface area contributed by atoms with Gasteiger partial charge in [-0.15, -0.1) is 0 Å². The molecule has 0 aliphatic heterocycles. The van der Waals surface area contributed by atoms with E-state index in [0.717, 1.165) is 0 Å². The summed E-state index contributed by atoms with van der Waals surface area (Å²) in [6.45, 7) is 0.974. The van der Waals surface area contributed by atoms with E-state index >= 15 is 0 Å². The number of rotatable bonds is 6. The van der Waals surface area contributed by atoms with E-state index in [0.29, 0.717) is 0 Å². The Labute approximate surface area is 145 Å². The smallest absolute Gasteiger partial charge is 0.338 e. The molecule has 0 saturated heterocycles. The fourth-order valence-corrected chi connectivity index (χ4v) is 1.92. The first-order valence-corrected chi connectivity index (χ1v) is 7.36. The van der Waals surface area contributed by atoms with E-state index in [1.165, 1.54) is 24.3 Å². The molecular weight excluding hydrogens is 358 g/mol. The number of hydrogen-bond donors (Lipinski definition) is 1. The SMILES string of the molecule is CCOC(=O)c1ccc(NC(=O)COc2c(F)c(F)cc(F)c2F)cc1. The highest BCUT2D eigenvalue weighted by atomic mass is 19.2. The number of anilines is 1. The molecule has 0 aliphatic carbocycles. The minimum absolute atomic E-state index is 0.0305. The highest BCUT2D eigenvalue weighted by Gasteiger charge is 2.21. The standard InChI is InChI=1S/C17H13F4NO4/c1-2-25-17(24)9-3-5-10(6-4-9)22-13(23)8-26-16-14(20)11(18)7-12(19)15(16)21/h3-7H,2,8H2,1H3,(H,22,23). The predicted octanol–water partition coefficient (Wildman–Crippen LogP) is 3.44. The van der Waals surface area contributed by atoms with Gasteiger partial charge in [-0.2, -0.15) is 8.78 Å². The Morgan fingerprint density at radius 3 is 2.12 bits per heavy atom. The minimum Gasteiger partial charge on any atom is -0.477 e. The summed E-state index contributed by atoms with van der Waals surface area (Å²) in [6.07, 6.45) is 0. The van der Waals surface area contributed by atoms with E-state index < -0.39 is 47.5 Å². The molecule has 1 N–H and O–H groups in total. The van der Waals surface area contributed by atoms with Crippen LogP contribution < -0.4 is 10.1 Å². The first-order valence-electron chi connectivity index (χ1n) is 7.36. The lowest BCUT2D eigenvalue weighted by atomic mass is 10.2. The summed E-state index contributed by atoms with van der Waals surface area (Å²) >= 11 is 0. The van der Waals surface area contributed by atoms with E-state index in [9.17, 15) is 27.2 Å². The number of hydrogen-bond acceptors (Lipinski definition) is 4. The van der Waals surface area contributed by atoms with E-state index in [-0.39, 0.29) is 23.9 Å². The molecule has 1 amide bonds. The van der Waals surface area contributed by atoms with Crippen molar-refractivity contribution in [3.63, 3.8) is 0 Å². The molecule has 2 aromatic carbocycles. The Morgan fingerprint density at radius 1 is 1.00 bits per heavy atom. The average Bonchev–Trinajstić information content (AvgIpc) is 2.61. The Kier molecular flexibility index (Phi) is 6.16. The number of nitrogens with one attached hydrogen (secondary N) is 1. The van der Waals surface area contributed by atoms with Crippen LogP contribution in [0.5, 0.6) is 5.75 Å². The van der Waals surface area contributed by atoms with Crippen LogP contribution in [0.3, 0.4) is 0 Å². The molecule has 0 spiro atoms. The Balaban J connectivity index is 1.99. The minimum atomic E-state index is -1.74. The molecule has 0 aliphatic rings. The largest absolute Gasteiger partial charge is 0.477 e. The molecule has 138 valence electrons.